The second kappa shape index (κ2) is 9.66. The Labute approximate surface area is 183 Å². The standard InChI is InChI=1S/C24H26N2O4S/c1-4-31(28,29)26-23-15-12-21(16-17(23)2)25-24(27)18(3)30-22-13-10-20(11-14-22)19-8-6-5-7-9-19/h5-16,18,26H,4H2,1-3H3,(H,25,27). The Morgan fingerprint density at radius 2 is 1.61 bits per heavy atom. The first-order valence-electron chi connectivity index (χ1n) is 10.0. The normalized spacial score (nSPS) is 12.1. The van der Waals surface area contributed by atoms with Crippen molar-refractivity contribution in [2.75, 3.05) is 15.8 Å². The highest BCUT2D eigenvalue weighted by atomic mass is 32.2. The fourth-order valence-corrected chi connectivity index (χ4v) is 3.66. The van der Waals surface area contributed by atoms with Gasteiger partial charge in [-0.1, -0.05) is 42.5 Å². The molecule has 31 heavy (non-hydrogen) atoms. The molecule has 0 bridgehead atoms. The lowest BCUT2D eigenvalue weighted by Crippen LogP contribution is -2.30. The van der Waals surface area contributed by atoms with Crippen LogP contribution in [0.3, 0.4) is 0 Å². The van der Waals surface area contributed by atoms with E-state index in [-0.39, 0.29) is 11.7 Å². The van der Waals surface area contributed by atoms with Crippen molar-refractivity contribution in [2.45, 2.75) is 26.9 Å². The molecule has 0 aliphatic heterocycles. The van der Waals surface area contributed by atoms with Gasteiger partial charge in [-0.15, -0.1) is 0 Å². The number of ether oxygens (including phenoxy) is 1. The summed E-state index contributed by atoms with van der Waals surface area (Å²) in [6.45, 7) is 5.03. The van der Waals surface area contributed by atoms with Gasteiger partial charge in [0.15, 0.2) is 6.10 Å². The van der Waals surface area contributed by atoms with Gasteiger partial charge < -0.3 is 10.1 Å². The van der Waals surface area contributed by atoms with Gasteiger partial charge in [0.25, 0.3) is 5.91 Å². The van der Waals surface area contributed by atoms with E-state index in [0.29, 0.717) is 22.7 Å². The predicted octanol–water partition coefficient (Wildman–Crippen LogP) is 4.83. The van der Waals surface area contributed by atoms with Crippen molar-refractivity contribution in [1.29, 1.82) is 0 Å². The van der Waals surface area contributed by atoms with Gasteiger partial charge in [-0.3, -0.25) is 9.52 Å². The van der Waals surface area contributed by atoms with Crippen LogP contribution in [0.15, 0.2) is 72.8 Å². The number of nitrogens with one attached hydrogen (secondary N) is 2. The smallest absolute Gasteiger partial charge is 0.265 e. The molecule has 0 radical (unpaired) electrons. The van der Waals surface area contributed by atoms with Gasteiger partial charge in [-0.05, 0) is 67.8 Å². The number of amides is 1. The fraction of sp³-hybridized carbons (Fsp3) is 0.208. The number of carbonyl (C=O) groups excluding carboxylic acids is 1. The van der Waals surface area contributed by atoms with Crippen LogP contribution in [0.5, 0.6) is 5.75 Å². The number of hydrogen-bond acceptors (Lipinski definition) is 4. The Morgan fingerprint density at radius 3 is 2.23 bits per heavy atom. The molecule has 0 saturated carbocycles. The molecule has 0 aliphatic rings. The third-order valence-corrected chi connectivity index (χ3v) is 6.07. The van der Waals surface area contributed by atoms with Gasteiger partial charge in [0, 0.05) is 5.69 Å². The number of aryl methyl sites for hydroxylation is 1. The van der Waals surface area contributed by atoms with Crippen LogP contribution in [0.4, 0.5) is 11.4 Å². The molecule has 3 rings (SSSR count). The first-order chi connectivity index (χ1) is 14.8. The minimum absolute atomic E-state index is 0.00783. The van der Waals surface area contributed by atoms with Crippen molar-refractivity contribution >= 4 is 27.3 Å². The number of hydrogen-bond donors (Lipinski definition) is 2. The van der Waals surface area contributed by atoms with E-state index >= 15 is 0 Å². The van der Waals surface area contributed by atoms with E-state index in [4.69, 9.17) is 4.74 Å². The zero-order valence-electron chi connectivity index (χ0n) is 17.8. The minimum Gasteiger partial charge on any atom is -0.481 e. The molecule has 1 atom stereocenters. The number of rotatable bonds is 8. The molecule has 0 saturated heterocycles. The van der Waals surface area contributed by atoms with E-state index in [2.05, 4.69) is 10.0 Å². The number of carbonyl (C=O) groups is 1. The molecule has 0 aliphatic carbocycles. The summed E-state index contributed by atoms with van der Waals surface area (Å²) in [7, 11) is -3.36. The van der Waals surface area contributed by atoms with Crippen molar-refractivity contribution < 1.29 is 17.9 Å². The molecule has 0 heterocycles. The van der Waals surface area contributed by atoms with Crippen LogP contribution in [-0.2, 0) is 14.8 Å². The van der Waals surface area contributed by atoms with Crippen LogP contribution in [0.25, 0.3) is 11.1 Å². The highest BCUT2D eigenvalue weighted by Crippen LogP contribution is 2.24. The Morgan fingerprint density at radius 1 is 0.968 bits per heavy atom. The van der Waals surface area contributed by atoms with Crippen molar-refractivity contribution in [3.63, 3.8) is 0 Å². The van der Waals surface area contributed by atoms with Gasteiger partial charge in [0.2, 0.25) is 10.0 Å². The quantitative estimate of drug-likeness (QED) is 0.528. The van der Waals surface area contributed by atoms with Crippen LogP contribution in [-0.4, -0.2) is 26.2 Å². The van der Waals surface area contributed by atoms with Gasteiger partial charge in [-0.2, -0.15) is 0 Å². The summed E-state index contributed by atoms with van der Waals surface area (Å²) in [4.78, 5) is 12.5. The number of sulfonamides is 1. The van der Waals surface area contributed by atoms with Gasteiger partial charge >= 0.3 is 0 Å². The van der Waals surface area contributed by atoms with Crippen molar-refractivity contribution in [3.05, 3.63) is 78.4 Å². The van der Waals surface area contributed by atoms with Gasteiger partial charge in [-0.25, -0.2) is 8.42 Å². The summed E-state index contributed by atoms with van der Waals surface area (Å²) in [6.07, 6.45) is -0.707. The van der Waals surface area contributed by atoms with Crippen LogP contribution < -0.4 is 14.8 Å². The average molecular weight is 439 g/mol. The summed E-state index contributed by atoms with van der Waals surface area (Å²) >= 11 is 0. The minimum atomic E-state index is -3.36. The van der Waals surface area contributed by atoms with E-state index in [9.17, 15) is 13.2 Å². The second-order valence-electron chi connectivity index (χ2n) is 7.17. The highest BCUT2D eigenvalue weighted by molar-refractivity contribution is 7.92. The van der Waals surface area contributed by atoms with Crippen LogP contribution in [0.1, 0.15) is 19.4 Å². The number of benzene rings is 3. The SMILES string of the molecule is CCS(=O)(=O)Nc1ccc(NC(=O)C(C)Oc2ccc(-c3ccccc3)cc2)cc1C. The Kier molecular flexibility index (Phi) is 6.97. The third-order valence-electron chi connectivity index (χ3n) is 4.78. The Hall–Kier alpha value is -3.32. The average Bonchev–Trinajstić information content (AvgIpc) is 2.76. The van der Waals surface area contributed by atoms with Crippen molar-refractivity contribution in [1.82, 2.24) is 0 Å². The van der Waals surface area contributed by atoms with Crippen molar-refractivity contribution in [3.8, 4) is 16.9 Å². The van der Waals surface area contributed by atoms with Gasteiger partial charge in [0.05, 0.1) is 11.4 Å². The van der Waals surface area contributed by atoms with E-state index in [0.717, 1.165) is 11.1 Å². The predicted molar refractivity (Wildman–Crippen MR) is 125 cm³/mol. The molecule has 0 fully saturated rings. The molecule has 0 spiro atoms. The maximum Gasteiger partial charge on any atom is 0.265 e. The van der Waals surface area contributed by atoms with Crippen LogP contribution in [0.2, 0.25) is 0 Å². The zero-order valence-corrected chi connectivity index (χ0v) is 18.6. The Balaban J connectivity index is 1.61. The maximum atomic E-state index is 12.5. The molecule has 3 aromatic carbocycles. The first kappa shape index (κ1) is 22.4. The molecular weight excluding hydrogens is 412 g/mol. The Bertz CT molecular complexity index is 1140. The third kappa shape index (κ3) is 6.08. The molecule has 7 heteroatoms. The van der Waals surface area contributed by atoms with Gasteiger partial charge in [0.1, 0.15) is 5.75 Å². The van der Waals surface area contributed by atoms with E-state index < -0.39 is 16.1 Å². The second-order valence-corrected chi connectivity index (χ2v) is 9.19. The maximum absolute atomic E-state index is 12.5. The summed E-state index contributed by atoms with van der Waals surface area (Å²) in [5, 5.41) is 2.80. The first-order valence-corrected chi connectivity index (χ1v) is 11.7. The van der Waals surface area contributed by atoms with E-state index in [1.807, 2.05) is 54.6 Å². The van der Waals surface area contributed by atoms with E-state index in [1.54, 1.807) is 39.0 Å². The summed E-state index contributed by atoms with van der Waals surface area (Å²) < 4.78 is 31.8. The largest absolute Gasteiger partial charge is 0.481 e. The molecule has 1 amide bonds. The molecule has 2 N–H and O–H groups in total. The molecule has 6 nitrogen and oxygen atoms in total. The summed E-state index contributed by atoms with van der Waals surface area (Å²) in [5.74, 6) is 0.294. The lowest BCUT2D eigenvalue weighted by Gasteiger charge is -2.16. The zero-order chi connectivity index (χ0) is 22.4. The molecule has 3 aromatic rings. The fourth-order valence-electron chi connectivity index (χ4n) is 2.95. The molecule has 162 valence electrons. The number of anilines is 2. The van der Waals surface area contributed by atoms with Crippen LogP contribution in [0, 0.1) is 6.92 Å². The molecular formula is C24H26N2O4S. The summed E-state index contributed by atoms with van der Waals surface area (Å²) in [6, 6.07) is 22.6. The van der Waals surface area contributed by atoms with Crippen molar-refractivity contribution in [2.24, 2.45) is 0 Å². The topological polar surface area (TPSA) is 84.5 Å². The molecule has 1 unspecified atom stereocenters. The van der Waals surface area contributed by atoms with Crippen LogP contribution >= 0.6 is 0 Å². The molecule has 0 aromatic heterocycles. The summed E-state index contributed by atoms with van der Waals surface area (Å²) in [5.41, 5.74) is 3.94. The highest BCUT2D eigenvalue weighted by Gasteiger charge is 2.16. The lowest BCUT2D eigenvalue weighted by molar-refractivity contribution is -0.122. The lowest BCUT2D eigenvalue weighted by atomic mass is 10.1. The monoisotopic (exact) mass is 438 g/mol. The van der Waals surface area contributed by atoms with E-state index in [1.165, 1.54) is 0 Å².